The number of fused-ring (bicyclic) bond motifs is 7. The second-order valence-electron chi connectivity index (χ2n) is 15.5. The first-order valence-electron chi connectivity index (χ1n) is 15.4. The number of hydrogen-bond donors (Lipinski definition) is 1. The Balaban J connectivity index is 1.57. The molecule has 39 heavy (non-hydrogen) atoms. The van der Waals surface area contributed by atoms with Gasteiger partial charge < -0.3 is 10.1 Å². The lowest BCUT2D eigenvalue weighted by atomic mass is 9.33. The first-order valence-corrected chi connectivity index (χ1v) is 15.4. The maximum atomic E-state index is 13.6. The normalized spacial score (nSPS) is 46.1. The molecule has 5 heteroatoms. The molecule has 4 fully saturated rings. The van der Waals surface area contributed by atoms with Gasteiger partial charge in [0, 0.05) is 24.7 Å². The number of ketones is 1. The Morgan fingerprint density at radius 3 is 2.23 bits per heavy atom. The lowest BCUT2D eigenvalue weighted by Crippen LogP contribution is -2.66. The van der Waals surface area contributed by atoms with Gasteiger partial charge in [0.15, 0.2) is 5.78 Å². The highest BCUT2D eigenvalue weighted by atomic mass is 16.5. The molecule has 0 spiro atoms. The molecule has 4 saturated carbocycles. The summed E-state index contributed by atoms with van der Waals surface area (Å²) in [4.78, 5) is 37.6. The van der Waals surface area contributed by atoms with Crippen molar-refractivity contribution in [2.45, 2.75) is 107 Å². The predicted octanol–water partition coefficient (Wildman–Crippen LogP) is 7.02. The largest absolute Gasteiger partial charge is 0.465 e. The molecule has 1 amide bonds. The van der Waals surface area contributed by atoms with Gasteiger partial charge in [-0.25, -0.2) is 0 Å². The number of Topliss-reactive ketones (excluding diaryl/α,β-unsaturated/α-hetero) is 1. The Bertz CT molecular complexity index is 1140. The van der Waals surface area contributed by atoms with Crippen LogP contribution in [-0.4, -0.2) is 24.3 Å². The number of rotatable bonds is 4. The lowest BCUT2D eigenvalue weighted by Gasteiger charge is -2.71. The first kappa shape index (κ1) is 28.6. The summed E-state index contributed by atoms with van der Waals surface area (Å²) in [5, 5.41) is 2.92. The van der Waals surface area contributed by atoms with Gasteiger partial charge in [0.2, 0.25) is 5.91 Å². The topological polar surface area (TPSA) is 72.5 Å². The summed E-state index contributed by atoms with van der Waals surface area (Å²) >= 11 is 0. The molecule has 5 aliphatic carbocycles. The van der Waals surface area contributed by atoms with Crippen molar-refractivity contribution in [3.8, 4) is 0 Å². The number of nitrogens with one attached hydrogen (secondary N) is 1. The number of amides is 1. The zero-order chi connectivity index (χ0) is 28.8. The smallest absolute Gasteiger partial charge is 0.302 e. The third kappa shape index (κ3) is 3.87. The van der Waals surface area contributed by atoms with E-state index in [2.05, 4.69) is 59.5 Å². The highest BCUT2D eigenvalue weighted by Gasteiger charge is 2.71. The average Bonchev–Trinajstić information content (AvgIpc) is 3.21. The molecule has 0 saturated heterocycles. The minimum Gasteiger partial charge on any atom is -0.465 e. The van der Waals surface area contributed by atoms with Crippen LogP contribution in [0.1, 0.15) is 107 Å². The van der Waals surface area contributed by atoms with Crippen LogP contribution in [0.2, 0.25) is 0 Å². The fourth-order valence-corrected chi connectivity index (χ4v) is 11.6. The molecule has 0 unspecified atom stereocenters. The van der Waals surface area contributed by atoms with Gasteiger partial charge in [-0.2, -0.15) is 0 Å². The Hall–Kier alpha value is -1.91. The summed E-state index contributed by atoms with van der Waals surface area (Å²) in [6, 6.07) is 0. The maximum Gasteiger partial charge on any atom is 0.302 e. The van der Waals surface area contributed by atoms with Crippen molar-refractivity contribution in [3.63, 3.8) is 0 Å². The molecule has 0 aliphatic heterocycles. The molecule has 0 heterocycles. The Kier molecular flexibility index (Phi) is 6.64. The molecule has 1 N–H and O–H groups in total. The first-order chi connectivity index (χ1) is 18.0. The Labute approximate surface area is 236 Å². The molecular weight excluding hydrogens is 486 g/mol. The number of carbonyl (C=O) groups is 3. The van der Waals surface area contributed by atoms with Gasteiger partial charge in [-0.15, -0.1) is 0 Å². The fourth-order valence-electron chi connectivity index (χ4n) is 11.6. The number of esters is 1. The van der Waals surface area contributed by atoms with E-state index in [1.807, 2.05) is 0 Å². The maximum absolute atomic E-state index is 13.6. The molecule has 5 nitrogen and oxygen atoms in total. The van der Waals surface area contributed by atoms with Crippen molar-refractivity contribution in [2.75, 3.05) is 6.61 Å². The zero-order valence-electron chi connectivity index (χ0n) is 25.7. The van der Waals surface area contributed by atoms with Gasteiger partial charge in [-0.1, -0.05) is 52.8 Å². The van der Waals surface area contributed by atoms with Crippen LogP contribution in [0, 0.1) is 56.7 Å². The molecule has 0 radical (unpaired) electrons. The van der Waals surface area contributed by atoms with Crippen LogP contribution < -0.4 is 5.32 Å². The molecule has 0 aromatic rings. The average molecular weight is 538 g/mol. The van der Waals surface area contributed by atoms with Crippen LogP contribution in [-0.2, 0) is 19.1 Å². The lowest BCUT2D eigenvalue weighted by molar-refractivity contribution is -0.223. The molecule has 216 valence electrons. The van der Waals surface area contributed by atoms with Crippen molar-refractivity contribution < 1.29 is 19.1 Å². The van der Waals surface area contributed by atoms with Crippen molar-refractivity contribution in [1.29, 1.82) is 0 Å². The number of hydrogen-bond acceptors (Lipinski definition) is 4. The summed E-state index contributed by atoms with van der Waals surface area (Å²) in [5.74, 6) is 1.96. The fraction of sp³-hybridized carbons (Fsp3) is 0.794. The van der Waals surface area contributed by atoms with E-state index in [4.69, 9.17) is 4.74 Å². The van der Waals surface area contributed by atoms with Crippen LogP contribution in [0.4, 0.5) is 0 Å². The van der Waals surface area contributed by atoms with E-state index in [0.29, 0.717) is 36.0 Å². The van der Waals surface area contributed by atoms with E-state index in [9.17, 15) is 14.4 Å². The standard InChI is InChI=1S/C34H51NO4/c1-20(2)23-12-15-34(19-39-22(4)37)17-16-32(8)24(28(23)34)10-11-27-31(7)18-25(35-21(3)36)29(38)30(5,6)26(31)13-14-33(27,32)9/h18,23-24,26-28H,1,10-17,19H2,2-9H3,(H,35,36)/t23-,24+,26-,27+,28+,31-,32+,33+,34+/m0/s1. The third-order valence-corrected chi connectivity index (χ3v) is 13.4. The van der Waals surface area contributed by atoms with Crippen molar-refractivity contribution in [3.05, 3.63) is 23.9 Å². The van der Waals surface area contributed by atoms with E-state index in [0.717, 1.165) is 51.4 Å². The summed E-state index contributed by atoms with van der Waals surface area (Å²) in [7, 11) is 0. The summed E-state index contributed by atoms with van der Waals surface area (Å²) in [5.41, 5.74) is 1.44. The monoisotopic (exact) mass is 537 g/mol. The molecule has 0 bridgehead atoms. The molecule has 5 rings (SSSR count). The quantitative estimate of drug-likeness (QED) is 0.309. The van der Waals surface area contributed by atoms with Crippen LogP contribution >= 0.6 is 0 Å². The second-order valence-corrected chi connectivity index (χ2v) is 15.5. The predicted molar refractivity (Wildman–Crippen MR) is 153 cm³/mol. The summed E-state index contributed by atoms with van der Waals surface area (Å²) in [6.07, 6.45) is 11.1. The zero-order valence-corrected chi connectivity index (χ0v) is 25.7. The molecule has 5 aliphatic rings. The van der Waals surface area contributed by atoms with Crippen molar-refractivity contribution in [1.82, 2.24) is 5.32 Å². The van der Waals surface area contributed by atoms with Gasteiger partial charge in [0.05, 0.1) is 12.3 Å². The number of ether oxygens (including phenoxy) is 1. The van der Waals surface area contributed by atoms with Gasteiger partial charge >= 0.3 is 5.97 Å². The van der Waals surface area contributed by atoms with E-state index >= 15 is 0 Å². The SMILES string of the molecule is C=C(C)[C@@H]1CC[C@]2(COC(C)=O)CC[C@]3(C)[C@H](CC[C@@H]4[C@@]5(C)C=C(NC(C)=O)C(=O)C(C)(C)[C@@H]5CC[C@]43C)[C@@H]12. The number of carbonyl (C=O) groups excluding carboxylic acids is 3. The summed E-state index contributed by atoms with van der Waals surface area (Å²) in [6.45, 7) is 22.0. The van der Waals surface area contributed by atoms with Crippen molar-refractivity contribution >= 4 is 17.7 Å². The molecule has 0 aromatic carbocycles. The third-order valence-electron chi connectivity index (χ3n) is 13.4. The molecule has 0 aromatic heterocycles. The van der Waals surface area contributed by atoms with Gasteiger partial charge in [0.1, 0.15) is 0 Å². The minimum absolute atomic E-state index is 0.0570. The molecular formula is C34H51NO4. The van der Waals surface area contributed by atoms with E-state index in [1.165, 1.54) is 19.4 Å². The van der Waals surface area contributed by atoms with Gasteiger partial charge in [-0.3, -0.25) is 14.4 Å². The van der Waals surface area contributed by atoms with Crippen LogP contribution in [0.25, 0.3) is 0 Å². The Morgan fingerprint density at radius 2 is 1.62 bits per heavy atom. The molecule has 9 atom stereocenters. The summed E-state index contributed by atoms with van der Waals surface area (Å²) < 4.78 is 5.78. The van der Waals surface area contributed by atoms with Gasteiger partial charge in [0.25, 0.3) is 0 Å². The van der Waals surface area contributed by atoms with Crippen LogP contribution in [0.5, 0.6) is 0 Å². The van der Waals surface area contributed by atoms with Crippen molar-refractivity contribution in [2.24, 2.45) is 56.7 Å². The highest BCUT2D eigenvalue weighted by Crippen LogP contribution is 2.77. The minimum atomic E-state index is -0.511. The van der Waals surface area contributed by atoms with Crippen LogP contribution in [0.3, 0.4) is 0 Å². The van der Waals surface area contributed by atoms with E-state index < -0.39 is 5.41 Å². The number of allylic oxidation sites excluding steroid dienone is 3. The van der Waals surface area contributed by atoms with Gasteiger partial charge in [-0.05, 0) is 104 Å². The van der Waals surface area contributed by atoms with E-state index in [1.54, 1.807) is 0 Å². The highest BCUT2D eigenvalue weighted by molar-refractivity contribution is 6.03. The Morgan fingerprint density at radius 1 is 0.923 bits per heavy atom. The van der Waals surface area contributed by atoms with E-state index in [-0.39, 0.29) is 45.2 Å². The van der Waals surface area contributed by atoms with Crippen LogP contribution in [0.15, 0.2) is 23.9 Å². The second kappa shape index (κ2) is 9.05.